The zero-order valence-corrected chi connectivity index (χ0v) is 26.7. The Labute approximate surface area is 255 Å². The number of fused-ring (bicyclic) bond motifs is 1. The second kappa shape index (κ2) is 13.4. The van der Waals surface area contributed by atoms with E-state index in [2.05, 4.69) is 24.4 Å². The highest BCUT2D eigenvalue weighted by atomic mass is 32.2. The molecule has 0 radical (unpaired) electrons. The van der Waals surface area contributed by atoms with Crippen molar-refractivity contribution in [3.8, 4) is 0 Å². The lowest BCUT2D eigenvalue weighted by Gasteiger charge is -2.45. The molecule has 1 aromatic heterocycles. The number of nitrogens with zero attached hydrogens (tertiary/aromatic N) is 6. The van der Waals surface area contributed by atoms with Crippen LogP contribution >= 0.6 is 0 Å². The molecule has 1 saturated heterocycles. The van der Waals surface area contributed by atoms with Gasteiger partial charge in [0.1, 0.15) is 17.8 Å². The second-order valence-electron chi connectivity index (χ2n) is 12.6. The van der Waals surface area contributed by atoms with E-state index in [-0.39, 0.29) is 18.0 Å². The molecule has 0 spiro atoms. The second-order valence-corrected chi connectivity index (χ2v) is 14.3. The molecule has 10 nitrogen and oxygen atoms in total. The summed E-state index contributed by atoms with van der Waals surface area (Å²) in [5.41, 5.74) is 1.87. The third-order valence-corrected chi connectivity index (χ3v) is 10.0. The van der Waals surface area contributed by atoms with Gasteiger partial charge >= 0.3 is 0 Å². The Kier molecular flexibility index (Phi) is 9.87. The number of likely N-dealkylation sites (tertiary alicyclic amines) is 1. The predicted molar refractivity (Wildman–Crippen MR) is 168 cm³/mol. The number of aromatic nitrogens is 2. The molecule has 1 aromatic carbocycles. The highest BCUT2D eigenvalue weighted by Gasteiger charge is 2.35. The Morgan fingerprint density at radius 1 is 1.07 bits per heavy atom. The van der Waals surface area contributed by atoms with Gasteiger partial charge in [-0.1, -0.05) is 0 Å². The fraction of sp³-hybridized carbons (Fsp3) is 0.645. The molecule has 2 fully saturated rings. The minimum atomic E-state index is -3.15. The van der Waals surface area contributed by atoms with E-state index in [1.165, 1.54) is 18.4 Å². The van der Waals surface area contributed by atoms with Crippen molar-refractivity contribution in [3.05, 3.63) is 42.1 Å². The molecule has 3 aliphatic rings. The molecule has 43 heavy (non-hydrogen) atoms. The lowest BCUT2D eigenvalue weighted by Crippen LogP contribution is -2.51. The van der Waals surface area contributed by atoms with E-state index in [1.54, 1.807) is 23.5 Å². The largest absolute Gasteiger partial charge is 0.350 e. The van der Waals surface area contributed by atoms with Gasteiger partial charge in [-0.25, -0.2) is 27.5 Å². The highest BCUT2D eigenvalue weighted by Crippen LogP contribution is 2.40. The summed E-state index contributed by atoms with van der Waals surface area (Å²) in [4.78, 5) is 31.4. The maximum atomic E-state index is 14.4. The fourth-order valence-electron chi connectivity index (χ4n) is 7.12. The molecule has 1 saturated carbocycles. The summed E-state index contributed by atoms with van der Waals surface area (Å²) < 4.78 is 40.4. The van der Waals surface area contributed by atoms with Gasteiger partial charge in [0.05, 0.1) is 23.7 Å². The quantitative estimate of drug-likeness (QED) is 0.452. The summed E-state index contributed by atoms with van der Waals surface area (Å²) in [6, 6.07) is 4.89. The van der Waals surface area contributed by atoms with Crippen LogP contribution in [0.25, 0.3) is 0 Å². The Bertz CT molecular complexity index is 1380. The Balaban J connectivity index is 1.25. The number of piperidine rings is 1. The van der Waals surface area contributed by atoms with E-state index in [9.17, 15) is 17.6 Å². The Morgan fingerprint density at radius 2 is 1.79 bits per heavy atom. The van der Waals surface area contributed by atoms with Gasteiger partial charge < -0.3 is 19.6 Å². The maximum absolute atomic E-state index is 14.4. The van der Waals surface area contributed by atoms with Crippen LogP contribution in [-0.2, 0) is 10.0 Å². The average Bonchev–Trinajstić information content (AvgIpc) is 2.97. The standard InChI is InChI=1S/C31H46FN7O3S/c1-5-37(22(2)3)31(40)27-18-24(32)8-11-28(27)39-17-16-38(30-29(39)19-33-21-34-30)26-12-14-36(15-13-26)20-23-6-9-25(10-7-23)35-43(4,41)42/h8,11,18-19,21-23,25-26,35H,5-7,9-10,12-17,20H2,1-4H3/t23-,25-. The van der Waals surface area contributed by atoms with Crippen LogP contribution in [0.4, 0.5) is 21.6 Å². The molecular weight excluding hydrogens is 569 g/mol. The Morgan fingerprint density at radius 3 is 2.44 bits per heavy atom. The minimum absolute atomic E-state index is 0.00105. The topological polar surface area (TPSA) is 102 Å². The van der Waals surface area contributed by atoms with E-state index >= 15 is 0 Å². The van der Waals surface area contributed by atoms with E-state index in [0.29, 0.717) is 36.3 Å². The van der Waals surface area contributed by atoms with Gasteiger partial charge in [0, 0.05) is 57.4 Å². The van der Waals surface area contributed by atoms with Crippen molar-refractivity contribution in [3.63, 3.8) is 0 Å². The summed E-state index contributed by atoms with van der Waals surface area (Å²) in [5.74, 6) is 0.856. The first-order valence-electron chi connectivity index (χ1n) is 15.7. The summed E-state index contributed by atoms with van der Waals surface area (Å²) >= 11 is 0. The number of halogens is 1. The van der Waals surface area contributed by atoms with E-state index in [4.69, 9.17) is 4.98 Å². The molecule has 1 amide bonds. The molecule has 5 rings (SSSR count). The zero-order valence-electron chi connectivity index (χ0n) is 25.9. The summed E-state index contributed by atoms with van der Waals surface area (Å²) in [6.45, 7) is 10.9. The lowest BCUT2D eigenvalue weighted by atomic mass is 9.85. The normalized spacial score (nSPS) is 22.1. The van der Waals surface area contributed by atoms with Crippen molar-refractivity contribution in [1.82, 2.24) is 24.5 Å². The SMILES string of the molecule is CCN(C(=O)c1cc(F)ccc1N1CCN(C2CCN(C[C@H]3CC[C@H](NS(C)(=O)=O)CC3)CC2)c2ncncc21)C(C)C. The van der Waals surface area contributed by atoms with Crippen molar-refractivity contribution in [1.29, 1.82) is 0 Å². The van der Waals surface area contributed by atoms with E-state index < -0.39 is 15.8 Å². The number of sulfonamides is 1. The van der Waals surface area contributed by atoms with Crippen molar-refractivity contribution in [2.75, 3.05) is 55.3 Å². The molecule has 1 aliphatic carbocycles. The third kappa shape index (κ3) is 7.46. The van der Waals surface area contributed by atoms with E-state index in [1.807, 2.05) is 20.8 Å². The first-order chi connectivity index (χ1) is 20.5. The van der Waals surface area contributed by atoms with Gasteiger partial charge in [-0.05, 0) is 83.4 Å². The van der Waals surface area contributed by atoms with Crippen molar-refractivity contribution in [2.45, 2.75) is 77.4 Å². The highest BCUT2D eigenvalue weighted by molar-refractivity contribution is 7.88. The van der Waals surface area contributed by atoms with Crippen LogP contribution in [0.5, 0.6) is 0 Å². The minimum Gasteiger partial charge on any atom is -0.350 e. The number of rotatable bonds is 9. The smallest absolute Gasteiger partial charge is 0.256 e. The fourth-order valence-corrected chi connectivity index (χ4v) is 7.97. The van der Waals surface area contributed by atoms with Crippen molar-refractivity contribution >= 4 is 33.1 Å². The molecule has 1 N–H and O–H groups in total. The number of amides is 1. The van der Waals surface area contributed by atoms with Crippen LogP contribution in [0.15, 0.2) is 30.7 Å². The van der Waals surface area contributed by atoms with Crippen LogP contribution in [0.2, 0.25) is 0 Å². The Hall–Kier alpha value is -2.83. The number of hydrogen-bond donors (Lipinski definition) is 1. The number of hydrogen-bond acceptors (Lipinski definition) is 8. The maximum Gasteiger partial charge on any atom is 0.256 e. The van der Waals surface area contributed by atoms with Crippen molar-refractivity contribution in [2.24, 2.45) is 5.92 Å². The molecule has 3 heterocycles. The molecule has 0 unspecified atom stereocenters. The predicted octanol–water partition coefficient (Wildman–Crippen LogP) is 4.02. The van der Waals surface area contributed by atoms with Crippen molar-refractivity contribution < 1.29 is 17.6 Å². The van der Waals surface area contributed by atoms with Gasteiger partial charge in [-0.2, -0.15) is 0 Å². The number of nitrogens with one attached hydrogen (secondary N) is 1. The number of anilines is 3. The summed E-state index contributed by atoms with van der Waals surface area (Å²) in [6.07, 6.45) is 10.6. The van der Waals surface area contributed by atoms with Gasteiger partial charge in [0.15, 0.2) is 5.82 Å². The molecular formula is C31H46FN7O3S. The molecule has 2 aliphatic heterocycles. The first-order valence-corrected chi connectivity index (χ1v) is 17.6. The molecule has 12 heteroatoms. The van der Waals surface area contributed by atoms with Gasteiger partial charge in [0.25, 0.3) is 5.91 Å². The third-order valence-electron chi connectivity index (χ3n) is 9.25. The van der Waals surface area contributed by atoms with Gasteiger partial charge in [-0.15, -0.1) is 0 Å². The molecule has 2 aromatic rings. The number of carbonyl (C=O) groups is 1. The van der Waals surface area contributed by atoms with Gasteiger partial charge in [0.2, 0.25) is 10.0 Å². The summed E-state index contributed by atoms with van der Waals surface area (Å²) in [7, 11) is -3.15. The van der Waals surface area contributed by atoms with Crippen LogP contribution in [0, 0.1) is 11.7 Å². The molecule has 0 atom stereocenters. The zero-order chi connectivity index (χ0) is 30.7. The van der Waals surface area contributed by atoms with Crippen LogP contribution < -0.4 is 14.5 Å². The van der Waals surface area contributed by atoms with Gasteiger partial charge in [-0.3, -0.25) is 4.79 Å². The van der Waals surface area contributed by atoms with Crippen LogP contribution in [-0.4, -0.2) is 97.7 Å². The average molecular weight is 616 g/mol. The van der Waals surface area contributed by atoms with Crippen LogP contribution in [0.3, 0.4) is 0 Å². The monoisotopic (exact) mass is 615 g/mol. The molecule has 0 bridgehead atoms. The molecule has 236 valence electrons. The van der Waals surface area contributed by atoms with Crippen LogP contribution in [0.1, 0.15) is 69.7 Å². The summed E-state index contributed by atoms with van der Waals surface area (Å²) in [5, 5.41) is 0. The lowest BCUT2D eigenvalue weighted by molar-refractivity contribution is 0.0717. The number of carbonyl (C=O) groups excluding carboxylic acids is 1. The first kappa shape index (κ1) is 31.6. The number of benzene rings is 1. The van der Waals surface area contributed by atoms with E-state index in [0.717, 1.165) is 76.2 Å².